The van der Waals surface area contributed by atoms with Crippen molar-refractivity contribution >= 4 is 5.91 Å². The second-order valence-electron chi connectivity index (χ2n) is 7.68. The summed E-state index contributed by atoms with van der Waals surface area (Å²) in [5, 5.41) is 0. The van der Waals surface area contributed by atoms with Gasteiger partial charge in [0.2, 0.25) is 11.8 Å². The van der Waals surface area contributed by atoms with Gasteiger partial charge in [-0.25, -0.2) is 4.98 Å². The first-order valence-electron chi connectivity index (χ1n) is 9.55. The van der Waals surface area contributed by atoms with Gasteiger partial charge in [-0.3, -0.25) is 4.79 Å². The number of hydrogen-bond acceptors (Lipinski definition) is 4. The van der Waals surface area contributed by atoms with Crippen molar-refractivity contribution in [1.29, 1.82) is 0 Å². The average molecular weight is 346 g/mol. The van der Waals surface area contributed by atoms with Gasteiger partial charge < -0.3 is 14.4 Å². The number of rotatable bonds is 6. The van der Waals surface area contributed by atoms with Crippen molar-refractivity contribution in [3.05, 3.63) is 24.4 Å². The van der Waals surface area contributed by atoms with E-state index in [1.807, 2.05) is 23.1 Å². The Bertz CT molecular complexity index is 553. The van der Waals surface area contributed by atoms with Crippen molar-refractivity contribution in [3.8, 4) is 5.88 Å². The molecule has 1 amide bonds. The van der Waals surface area contributed by atoms with E-state index in [2.05, 4.69) is 18.8 Å². The number of carbonyl (C=O) groups excluding carboxylic acids is 1. The summed E-state index contributed by atoms with van der Waals surface area (Å²) in [4.78, 5) is 18.5. The highest BCUT2D eigenvalue weighted by molar-refractivity contribution is 5.76. The molecule has 0 bridgehead atoms. The molecule has 2 aliphatic rings. The molecule has 5 nitrogen and oxygen atoms in total. The summed E-state index contributed by atoms with van der Waals surface area (Å²) in [6.45, 7) is 7.34. The summed E-state index contributed by atoms with van der Waals surface area (Å²) in [5.74, 6) is 1.91. The van der Waals surface area contributed by atoms with Gasteiger partial charge in [0.05, 0.1) is 12.2 Å². The number of nitrogens with zero attached hydrogens (tertiary/aromatic N) is 2. The van der Waals surface area contributed by atoms with Gasteiger partial charge in [-0.1, -0.05) is 19.9 Å². The molecule has 0 saturated carbocycles. The summed E-state index contributed by atoms with van der Waals surface area (Å²) >= 11 is 0. The number of hydrogen-bond donors (Lipinski definition) is 0. The van der Waals surface area contributed by atoms with Crippen LogP contribution >= 0.6 is 0 Å². The molecule has 3 heterocycles. The third kappa shape index (κ3) is 4.51. The van der Waals surface area contributed by atoms with Crippen LogP contribution in [-0.4, -0.2) is 47.7 Å². The predicted octanol–water partition coefficient (Wildman–Crippen LogP) is 3.29. The summed E-state index contributed by atoms with van der Waals surface area (Å²) < 4.78 is 12.0. The number of pyridine rings is 1. The number of likely N-dealkylation sites (tertiary alicyclic amines) is 1. The second kappa shape index (κ2) is 8.17. The maximum atomic E-state index is 12.3. The third-order valence-electron chi connectivity index (χ3n) is 5.50. The van der Waals surface area contributed by atoms with Crippen LogP contribution in [0.25, 0.3) is 0 Å². The Kier molecular flexibility index (Phi) is 5.94. The van der Waals surface area contributed by atoms with Crippen LogP contribution in [-0.2, 0) is 9.53 Å². The van der Waals surface area contributed by atoms with E-state index in [-0.39, 0.29) is 11.5 Å². The number of carbonyl (C=O) groups is 1. The Morgan fingerprint density at radius 2 is 2.20 bits per heavy atom. The average Bonchev–Trinajstić information content (AvgIpc) is 2.98. The van der Waals surface area contributed by atoms with E-state index in [1.165, 1.54) is 0 Å². The Morgan fingerprint density at radius 3 is 2.88 bits per heavy atom. The van der Waals surface area contributed by atoms with Crippen LogP contribution in [0.1, 0.15) is 46.0 Å². The quantitative estimate of drug-likeness (QED) is 0.793. The number of piperidine rings is 1. The molecule has 1 atom stereocenters. The highest BCUT2D eigenvalue weighted by Crippen LogP contribution is 2.42. The highest BCUT2D eigenvalue weighted by atomic mass is 16.5. The van der Waals surface area contributed by atoms with E-state index < -0.39 is 0 Å². The van der Waals surface area contributed by atoms with E-state index in [0.717, 1.165) is 45.4 Å². The molecule has 0 aromatic carbocycles. The van der Waals surface area contributed by atoms with E-state index in [9.17, 15) is 4.79 Å². The normalized spacial score (nSPS) is 22.5. The van der Waals surface area contributed by atoms with Crippen LogP contribution in [0, 0.1) is 11.8 Å². The molecule has 5 heteroatoms. The van der Waals surface area contributed by atoms with Gasteiger partial charge in [0, 0.05) is 38.4 Å². The first-order valence-corrected chi connectivity index (χ1v) is 9.55. The fraction of sp³-hybridized carbons (Fsp3) is 0.700. The van der Waals surface area contributed by atoms with Crippen molar-refractivity contribution in [3.63, 3.8) is 0 Å². The van der Waals surface area contributed by atoms with Gasteiger partial charge in [-0.15, -0.1) is 0 Å². The molecule has 1 spiro atoms. The molecule has 3 rings (SSSR count). The van der Waals surface area contributed by atoms with Crippen molar-refractivity contribution in [2.24, 2.45) is 11.8 Å². The zero-order chi connectivity index (χ0) is 17.7. The van der Waals surface area contributed by atoms with Crippen LogP contribution in [0.4, 0.5) is 0 Å². The molecule has 2 aliphatic heterocycles. The molecule has 0 radical (unpaired) electrons. The van der Waals surface area contributed by atoms with Gasteiger partial charge in [0.25, 0.3) is 0 Å². The fourth-order valence-electron chi connectivity index (χ4n) is 4.10. The fourth-order valence-corrected chi connectivity index (χ4v) is 4.10. The van der Waals surface area contributed by atoms with Crippen LogP contribution in [0.5, 0.6) is 5.88 Å². The Morgan fingerprint density at radius 1 is 1.40 bits per heavy atom. The predicted molar refractivity (Wildman–Crippen MR) is 96.4 cm³/mol. The summed E-state index contributed by atoms with van der Waals surface area (Å²) in [6.07, 6.45) is 6.37. The van der Waals surface area contributed by atoms with Gasteiger partial charge in [0.15, 0.2) is 0 Å². The molecule has 0 N–H and O–H groups in total. The Hall–Kier alpha value is -1.62. The summed E-state index contributed by atoms with van der Waals surface area (Å²) in [7, 11) is 0. The lowest BCUT2D eigenvalue weighted by Crippen LogP contribution is -2.49. The molecule has 0 aliphatic carbocycles. The van der Waals surface area contributed by atoms with Crippen LogP contribution < -0.4 is 4.74 Å². The zero-order valence-corrected chi connectivity index (χ0v) is 15.4. The van der Waals surface area contributed by atoms with Crippen molar-refractivity contribution < 1.29 is 14.3 Å². The zero-order valence-electron chi connectivity index (χ0n) is 15.4. The maximum absolute atomic E-state index is 12.3. The van der Waals surface area contributed by atoms with Crippen LogP contribution in [0.3, 0.4) is 0 Å². The molecular weight excluding hydrogens is 316 g/mol. The first kappa shape index (κ1) is 18.2. The largest absolute Gasteiger partial charge is 0.478 e. The summed E-state index contributed by atoms with van der Waals surface area (Å²) in [6, 6.07) is 5.72. The molecule has 2 saturated heterocycles. The number of ether oxygens (including phenoxy) is 2. The van der Waals surface area contributed by atoms with E-state index in [4.69, 9.17) is 9.47 Å². The molecule has 1 unspecified atom stereocenters. The lowest BCUT2D eigenvalue weighted by Gasteiger charge is -2.42. The smallest absolute Gasteiger partial charge is 0.222 e. The second-order valence-corrected chi connectivity index (χ2v) is 7.68. The summed E-state index contributed by atoms with van der Waals surface area (Å²) in [5.41, 5.74) is -0.0535. The Balaban J connectivity index is 1.49. The van der Waals surface area contributed by atoms with Crippen LogP contribution in [0.15, 0.2) is 24.4 Å². The highest BCUT2D eigenvalue weighted by Gasteiger charge is 2.46. The van der Waals surface area contributed by atoms with Gasteiger partial charge in [0.1, 0.15) is 0 Å². The monoisotopic (exact) mass is 346 g/mol. The minimum Gasteiger partial charge on any atom is -0.478 e. The maximum Gasteiger partial charge on any atom is 0.222 e. The molecular formula is C20H30N2O3. The van der Waals surface area contributed by atoms with Gasteiger partial charge in [-0.2, -0.15) is 0 Å². The van der Waals surface area contributed by atoms with Gasteiger partial charge >= 0.3 is 0 Å². The third-order valence-corrected chi connectivity index (χ3v) is 5.50. The standard InChI is InChI=1S/C20H30N2O3/c1-16(2)15-19(23)22-11-8-20(9-12-22)17(7-14-25-20)6-13-24-18-5-3-4-10-21-18/h3-5,10,16-17H,6-9,11-15H2,1-2H3. The van der Waals surface area contributed by atoms with E-state index in [1.54, 1.807) is 6.20 Å². The van der Waals surface area contributed by atoms with Gasteiger partial charge in [-0.05, 0) is 43.6 Å². The molecule has 2 fully saturated rings. The van der Waals surface area contributed by atoms with Crippen molar-refractivity contribution in [1.82, 2.24) is 9.88 Å². The van der Waals surface area contributed by atoms with E-state index in [0.29, 0.717) is 30.7 Å². The molecule has 1 aromatic rings. The Labute approximate surface area is 150 Å². The molecule has 1 aromatic heterocycles. The molecule has 25 heavy (non-hydrogen) atoms. The number of amides is 1. The number of aromatic nitrogens is 1. The van der Waals surface area contributed by atoms with Crippen molar-refractivity contribution in [2.75, 3.05) is 26.3 Å². The van der Waals surface area contributed by atoms with Crippen LogP contribution in [0.2, 0.25) is 0 Å². The minimum atomic E-state index is -0.0535. The topological polar surface area (TPSA) is 51.7 Å². The van der Waals surface area contributed by atoms with Crippen molar-refractivity contribution in [2.45, 2.75) is 51.6 Å². The molecule has 138 valence electrons. The SMILES string of the molecule is CC(C)CC(=O)N1CCC2(CC1)OCCC2CCOc1ccccn1. The van der Waals surface area contributed by atoms with E-state index >= 15 is 0 Å². The first-order chi connectivity index (χ1) is 12.1. The lowest BCUT2D eigenvalue weighted by molar-refractivity contribution is -0.138. The minimum absolute atomic E-state index is 0.0535. The lowest BCUT2D eigenvalue weighted by atomic mass is 9.78.